The van der Waals surface area contributed by atoms with Gasteiger partial charge in [0.1, 0.15) is 5.60 Å². The number of rotatable bonds is 5. The Balaban J connectivity index is 4.12. The summed E-state index contributed by atoms with van der Waals surface area (Å²) in [4.78, 5) is 11.6. The van der Waals surface area contributed by atoms with Crippen LogP contribution in [-0.2, 0) is 9.53 Å². The molecule has 0 unspecified atom stereocenters. The molecule has 0 aliphatic heterocycles. The monoisotopic (exact) mass is 224 g/mol. The number of allylic oxidation sites excluding steroid dienone is 3. The van der Waals surface area contributed by atoms with Gasteiger partial charge in [-0.2, -0.15) is 0 Å². The molecule has 0 bridgehead atoms. The Morgan fingerprint density at radius 2 is 1.94 bits per heavy atom. The number of hydrogen-bond acceptors (Lipinski definition) is 2. The zero-order valence-corrected chi connectivity index (χ0v) is 11.2. The van der Waals surface area contributed by atoms with Crippen molar-refractivity contribution in [3.8, 4) is 0 Å². The SMILES string of the molecule is CCCC/C=C/C=C(\C)C(=O)OC(C)(C)C. The minimum Gasteiger partial charge on any atom is -0.457 e. The summed E-state index contributed by atoms with van der Waals surface area (Å²) in [6.07, 6.45) is 9.26. The summed E-state index contributed by atoms with van der Waals surface area (Å²) in [7, 11) is 0. The van der Waals surface area contributed by atoms with Crippen molar-refractivity contribution in [2.75, 3.05) is 0 Å². The Bertz CT molecular complexity index is 267. The number of unbranched alkanes of at least 4 members (excludes halogenated alkanes) is 2. The summed E-state index contributed by atoms with van der Waals surface area (Å²) in [5.41, 5.74) is 0.223. The largest absolute Gasteiger partial charge is 0.457 e. The first-order valence-corrected chi connectivity index (χ1v) is 5.93. The summed E-state index contributed by atoms with van der Waals surface area (Å²) in [5, 5.41) is 0. The Hall–Kier alpha value is -1.05. The van der Waals surface area contributed by atoms with Crippen LogP contribution in [0.15, 0.2) is 23.8 Å². The second-order valence-electron chi connectivity index (χ2n) is 4.92. The van der Waals surface area contributed by atoms with Gasteiger partial charge in [0.15, 0.2) is 0 Å². The standard InChI is InChI=1S/C14H24O2/c1-6-7-8-9-10-11-12(2)13(15)16-14(3,4)5/h9-11H,6-8H2,1-5H3/b10-9+,12-11+. The third-order valence-electron chi connectivity index (χ3n) is 1.93. The fourth-order valence-electron chi connectivity index (χ4n) is 1.06. The molecule has 0 spiro atoms. The van der Waals surface area contributed by atoms with E-state index in [-0.39, 0.29) is 5.97 Å². The molecule has 0 aromatic rings. The van der Waals surface area contributed by atoms with Gasteiger partial charge in [0, 0.05) is 5.57 Å². The highest BCUT2D eigenvalue weighted by Crippen LogP contribution is 2.10. The van der Waals surface area contributed by atoms with Crippen molar-refractivity contribution in [1.82, 2.24) is 0 Å². The maximum absolute atomic E-state index is 11.6. The van der Waals surface area contributed by atoms with E-state index >= 15 is 0 Å². The molecule has 2 nitrogen and oxygen atoms in total. The minimum absolute atomic E-state index is 0.243. The molecule has 0 atom stereocenters. The van der Waals surface area contributed by atoms with E-state index in [0.29, 0.717) is 5.57 Å². The maximum Gasteiger partial charge on any atom is 0.334 e. The van der Waals surface area contributed by atoms with E-state index in [0.717, 1.165) is 6.42 Å². The van der Waals surface area contributed by atoms with Gasteiger partial charge in [-0.1, -0.05) is 38.0 Å². The summed E-state index contributed by atoms with van der Waals surface area (Å²) < 4.78 is 5.24. The minimum atomic E-state index is -0.419. The lowest BCUT2D eigenvalue weighted by Crippen LogP contribution is -2.24. The molecule has 0 amide bonds. The average Bonchev–Trinajstić information content (AvgIpc) is 2.14. The van der Waals surface area contributed by atoms with E-state index in [9.17, 15) is 4.79 Å². The van der Waals surface area contributed by atoms with E-state index in [2.05, 4.69) is 13.0 Å². The lowest BCUT2D eigenvalue weighted by Gasteiger charge is -2.19. The van der Waals surface area contributed by atoms with Crippen LogP contribution in [0.25, 0.3) is 0 Å². The van der Waals surface area contributed by atoms with Crippen LogP contribution >= 0.6 is 0 Å². The van der Waals surface area contributed by atoms with Crippen LogP contribution in [0.1, 0.15) is 53.9 Å². The van der Waals surface area contributed by atoms with Gasteiger partial charge >= 0.3 is 5.97 Å². The molecule has 0 aromatic carbocycles. The topological polar surface area (TPSA) is 26.3 Å². The highest BCUT2D eigenvalue weighted by atomic mass is 16.6. The van der Waals surface area contributed by atoms with Gasteiger partial charge in [0.05, 0.1) is 0 Å². The van der Waals surface area contributed by atoms with Gasteiger partial charge in [0.25, 0.3) is 0 Å². The highest BCUT2D eigenvalue weighted by Gasteiger charge is 2.16. The number of hydrogen-bond donors (Lipinski definition) is 0. The molecule has 0 fully saturated rings. The fourth-order valence-corrected chi connectivity index (χ4v) is 1.06. The van der Waals surface area contributed by atoms with Gasteiger partial charge in [-0.3, -0.25) is 0 Å². The molecule has 0 saturated carbocycles. The molecule has 16 heavy (non-hydrogen) atoms. The van der Waals surface area contributed by atoms with Crippen molar-refractivity contribution in [2.24, 2.45) is 0 Å². The first-order chi connectivity index (χ1) is 7.37. The van der Waals surface area contributed by atoms with Crippen molar-refractivity contribution in [2.45, 2.75) is 59.5 Å². The van der Waals surface area contributed by atoms with E-state index in [1.165, 1.54) is 12.8 Å². The van der Waals surface area contributed by atoms with Crippen molar-refractivity contribution < 1.29 is 9.53 Å². The van der Waals surface area contributed by atoms with Gasteiger partial charge in [-0.25, -0.2) is 4.79 Å². The smallest absolute Gasteiger partial charge is 0.334 e. The lowest BCUT2D eigenvalue weighted by atomic mass is 10.2. The molecule has 0 N–H and O–H groups in total. The van der Waals surface area contributed by atoms with Crippen LogP contribution < -0.4 is 0 Å². The fraction of sp³-hybridized carbons (Fsp3) is 0.643. The van der Waals surface area contributed by atoms with E-state index in [1.807, 2.05) is 32.9 Å². The molecule has 0 rings (SSSR count). The Labute approximate surface area is 99.4 Å². The van der Waals surface area contributed by atoms with Crippen molar-refractivity contribution in [3.63, 3.8) is 0 Å². The molecular formula is C14H24O2. The summed E-state index contributed by atoms with van der Waals surface area (Å²) >= 11 is 0. The molecule has 0 aliphatic carbocycles. The normalized spacial score (nSPS) is 13.2. The van der Waals surface area contributed by atoms with Crippen molar-refractivity contribution >= 4 is 5.97 Å². The van der Waals surface area contributed by atoms with E-state index < -0.39 is 5.60 Å². The third kappa shape index (κ3) is 8.27. The molecular weight excluding hydrogens is 200 g/mol. The molecule has 0 aromatic heterocycles. The zero-order chi connectivity index (χ0) is 12.6. The first kappa shape index (κ1) is 14.9. The lowest BCUT2D eigenvalue weighted by molar-refractivity contribution is -0.149. The van der Waals surface area contributed by atoms with E-state index in [4.69, 9.17) is 4.74 Å². The second-order valence-corrected chi connectivity index (χ2v) is 4.92. The quantitative estimate of drug-likeness (QED) is 0.305. The van der Waals surface area contributed by atoms with Crippen molar-refractivity contribution in [1.29, 1.82) is 0 Å². The van der Waals surface area contributed by atoms with Gasteiger partial charge in [-0.05, 0) is 34.1 Å². The average molecular weight is 224 g/mol. The maximum atomic E-state index is 11.6. The number of carbonyl (C=O) groups excluding carboxylic acids is 1. The third-order valence-corrected chi connectivity index (χ3v) is 1.93. The van der Waals surface area contributed by atoms with Crippen LogP contribution in [0, 0.1) is 0 Å². The first-order valence-electron chi connectivity index (χ1n) is 5.93. The molecule has 92 valence electrons. The van der Waals surface area contributed by atoms with Crippen LogP contribution in [0.2, 0.25) is 0 Å². The summed E-state index contributed by atoms with van der Waals surface area (Å²) in [6, 6.07) is 0. The summed E-state index contributed by atoms with van der Waals surface area (Å²) in [6.45, 7) is 9.55. The predicted molar refractivity (Wildman–Crippen MR) is 68.3 cm³/mol. The molecule has 0 heterocycles. The van der Waals surface area contributed by atoms with Gasteiger partial charge in [-0.15, -0.1) is 0 Å². The molecule has 0 saturated heterocycles. The van der Waals surface area contributed by atoms with Crippen LogP contribution in [-0.4, -0.2) is 11.6 Å². The predicted octanol–water partition coefficient (Wildman–Crippen LogP) is 4.02. The second kappa shape index (κ2) is 7.26. The van der Waals surface area contributed by atoms with Crippen molar-refractivity contribution in [3.05, 3.63) is 23.8 Å². The summed E-state index contributed by atoms with van der Waals surface area (Å²) in [5.74, 6) is -0.243. The number of esters is 1. The molecule has 2 heteroatoms. The van der Waals surface area contributed by atoms with Crippen LogP contribution in [0.4, 0.5) is 0 Å². The number of ether oxygens (including phenoxy) is 1. The molecule has 0 radical (unpaired) electrons. The van der Waals surface area contributed by atoms with Gasteiger partial charge in [0.2, 0.25) is 0 Å². The molecule has 0 aliphatic rings. The van der Waals surface area contributed by atoms with Crippen LogP contribution in [0.3, 0.4) is 0 Å². The Morgan fingerprint density at radius 1 is 1.31 bits per heavy atom. The van der Waals surface area contributed by atoms with E-state index in [1.54, 1.807) is 6.92 Å². The van der Waals surface area contributed by atoms with Gasteiger partial charge < -0.3 is 4.74 Å². The zero-order valence-electron chi connectivity index (χ0n) is 11.2. The Kier molecular flexibility index (Phi) is 6.78. The Morgan fingerprint density at radius 3 is 2.44 bits per heavy atom. The number of carbonyl (C=O) groups is 1. The highest BCUT2D eigenvalue weighted by molar-refractivity contribution is 5.88. The van der Waals surface area contributed by atoms with Crippen LogP contribution in [0.5, 0.6) is 0 Å².